The molecule has 0 fully saturated rings. The van der Waals surface area contributed by atoms with Gasteiger partial charge in [-0.1, -0.05) is 24.3 Å². The van der Waals surface area contributed by atoms with Gasteiger partial charge in [0, 0.05) is 16.7 Å². The lowest BCUT2D eigenvalue weighted by Crippen LogP contribution is -2.10. The molecule has 0 spiro atoms. The quantitative estimate of drug-likeness (QED) is 0.601. The second-order valence-corrected chi connectivity index (χ2v) is 6.16. The average Bonchev–Trinajstić information content (AvgIpc) is 3.16. The van der Waals surface area contributed by atoms with Crippen LogP contribution in [0.1, 0.15) is 15.9 Å². The minimum atomic E-state index is -0.436. The van der Waals surface area contributed by atoms with E-state index in [4.69, 9.17) is 15.1 Å². The number of carbonyl (C=O) groups excluding carboxylic acids is 1. The van der Waals surface area contributed by atoms with Gasteiger partial charge in [-0.3, -0.25) is 4.79 Å². The fourth-order valence-electron chi connectivity index (χ4n) is 3.33. The largest absolute Gasteiger partial charge is 0.488 e. The fraction of sp³-hybridized carbons (Fsp3) is 0.0500. The van der Waals surface area contributed by atoms with E-state index in [1.807, 2.05) is 36.4 Å². The molecular formula is C20H13N3O3. The van der Waals surface area contributed by atoms with E-state index in [9.17, 15) is 4.79 Å². The number of amides is 1. The second-order valence-electron chi connectivity index (χ2n) is 6.16. The van der Waals surface area contributed by atoms with E-state index in [2.05, 4.69) is 16.4 Å². The number of nitrogens with two attached hydrogens (primary N) is 1. The maximum absolute atomic E-state index is 11.2. The van der Waals surface area contributed by atoms with E-state index in [0.29, 0.717) is 17.7 Å². The Bertz CT molecular complexity index is 1160. The highest BCUT2D eigenvalue weighted by atomic mass is 16.6. The Balaban J connectivity index is 1.64. The smallest absolute Gasteiger partial charge is 0.248 e. The molecule has 0 bridgehead atoms. The standard InChI is InChI=1S/C20H13N3O3/c21-20(24)12-3-1-11(2-4-12)13-5-8-18-15(9-13)14-6-7-17-19(23-26-22-17)16(14)10-25-18/h1-9H,10H2,(H2,21,24). The van der Waals surface area contributed by atoms with Crippen molar-refractivity contribution in [2.24, 2.45) is 5.73 Å². The monoisotopic (exact) mass is 343 g/mol. The number of nitrogens with zero attached hydrogens (tertiary/aromatic N) is 2. The molecule has 1 aliphatic heterocycles. The zero-order valence-corrected chi connectivity index (χ0v) is 13.6. The topological polar surface area (TPSA) is 91.2 Å². The molecule has 26 heavy (non-hydrogen) atoms. The normalized spacial score (nSPS) is 12.3. The van der Waals surface area contributed by atoms with E-state index in [0.717, 1.165) is 39.1 Å². The van der Waals surface area contributed by atoms with E-state index < -0.39 is 5.91 Å². The number of primary amides is 1. The Hall–Kier alpha value is -3.67. The Morgan fingerprint density at radius 2 is 1.73 bits per heavy atom. The first-order chi connectivity index (χ1) is 12.7. The minimum absolute atomic E-state index is 0.431. The van der Waals surface area contributed by atoms with Crippen LogP contribution in [0.5, 0.6) is 5.75 Å². The SMILES string of the molecule is NC(=O)c1ccc(-c2ccc3c(c2)-c2ccc4nonc4c2CO3)cc1. The first kappa shape index (κ1) is 14.7. The van der Waals surface area contributed by atoms with Crippen molar-refractivity contribution in [1.82, 2.24) is 10.3 Å². The van der Waals surface area contributed by atoms with Gasteiger partial charge in [0.15, 0.2) is 0 Å². The van der Waals surface area contributed by atoms with Crippen LogP contribution in [0.25, 0.3) is 33.3 Å². The number of carbonyl (C=O) groups is 1. The van der Waals surface area contributed by atoms with Crippen LogP contribution in [0.2, 0.25) is 0 Å². The van der Waals surface area contributed by atoms with Crippen LogP contribution in [-0.4, -0.2) is 16.2 Å². The summed E-state index contributed by atoms with van der Waals surface area (Å²) in [7, 11) is 0. The number of hydrogen-bond acceptors (Lipinski definition) is 5. The van der Waals surface area contributed by atoms with Crippen molar-refractivity contribution in [1.29, 1.82) is 0 Å². The summed E-state index contributed by atoms with van der Waals surface area (Å²) in [5, 5.41) is 7.89. The van der Waals surface area contributed by atoms with Crippen LogP contribution >= 0.6 is 0 Å². The third-order valence-corrected chi connectivity index (χ3v) is 4.68. The molecule has 0 aliphatic carbocycles. The highest BCUT2D eigenvalue weighted by Gasteiger charge is 2.22. The number of benzene rings is 3. The minimum Gasteiger partial charge on any atom is -0.488 e. The lowest BCUT2D eigenvalue weighted by Gasteiger charge is -2.21. The summed E-state index contributed by atoms with van der Waals surface area (Å²) >= 11 is 0. The van der Waals surface area contributed by atoms with Gasteiger partial charge in [0.25, 0.3) is 0 Å². The molecule has 0 unspecified atom stereocenters. The number of hydrogen-bond donors (Lipinski definition) is 1. The molecule has 2 N–H and O–H groups in total. The Kier molecular flexibility index (Phi) is 3.05. The van der Waals surface area contributed by atoms with Crippen LogP contribution in [0.15, 0.2) is 59.2 Å². The van der Waals surface area contributed by atoms with Gasteiger partial charge in [-0.25, -0.2) is 4.63 Å². The summed E-state index contributed by atoms with van der Waals surface area (Å²) in [4.78, 5) is 11.2. The highest BCUT2D eigenvalue weighted by molar-refractivity contribution is 5.93. The Labute approximate surface area is 148 Å². The molecule has 0 atom stereocenters. The van der Waals surface area contributed by atoms with Crippen molar-refractivity contribution in [3.05, 3.63) is 65.7 Å². The molecule has 6 nitrogen and oxygen atoms in total. The van der Waals surface area contributed by atoms with Gasteiger partial charge in [0.2, 0.25) is 5.91 Å². The zero-order chi connectivity index (χ0) is 17.7. The van der Waals surface area contributed by atoms with E-state index in [-0.39, 0.29) is 0 Å². The molecule has 6 heteroatoms. The van der Waals surface area contributed by atoms with Gasteiger partial charge in [0.1, 0.15) is 23.4 Å². The van der Waals surface area contributed by atoms with Crippen LogP contribution in [0, 0.1) is 0 Å². The van der Waals surface area contributed by atoms with E-state index in [1.54, 1.807) is 12.1 Å². The van der Waals surface area contributed by atoms with Crippen LogP contribution < -0.4 is 10.5 Å². The van der Waals surface area contributed by atoms with Crippen molar-refractivity contribution in [3.63, 3.8) is 0 Å². The van der Waals surface area contributed by atoms with Crippen molar-refractivity contribution < 1.29 is 14.2 Å². The molecule has 4 aromatic rings. The maximum atomic E-state index is 11.2. The third kappa shape index (κ3) is 2.16. The van der Waals surface area contributed by atoms with Crippen LogP contribution in [0.3, 0.4) is 0 Å². The summed E-state index contributed by atoms with van der Waals surface area (Å²) in [6.07, 6.45) is 0. The van der Waals surface area contributed by atoms with Gasteiger partial charge in [0.05, 0.1) is 0 Å². The third-order valence-electron chi connectivity index (χ3n) is 4.68. The number of fused-ring (bicyclic) bond motifs is 5. The Morgan fingerprint density at radius 3 is 2.54 bits per heavy atom. The molecule has 0 saturated carbocycles. The first-order valence-electron chi connectivity index (χ1n) is 8.12. The van der Waals surface area contributed by atoms with Crippen molar-refractivity contribution in [3.8, 4) is 28.0 Å². The molecule has 5 rings (SSSR count). The fourth-order valence-corrected chi connectivity index (χ4v) is 3.33. The van der Waals surface area contributed by atoms with Gasteiger partial charge in [-0.15, -0.1) is 0 Å². The average molecular weight is 343 g/mol. The molecule has 0 radical (unpaired) electrons. The van der Waals surface area contributed by atoms with Crippen molar-refractivity contribution >= 4 is 16.9 Å². The number of aromatic nitrogens is 2. The number of rotatable bonds is 2. The number of ether oxygens (including phenoxy) is 1. The molecule has 0 saturated heterocycles. The van der Waals surface area contributed by atoms with Crippen LogP contribution in [0.4, 0.5) is 0 Å². The zero-order valence-electron chi connectivity index (χ0n) is 13.6. The molecule has 126 valence electrons. The van der Waals surface area contributed by atoms with Crippen LogP contribution in [-0.2, 0) is 6.61 Å². The predicted molar refractivity (Wildman–Crippen MR) is 95.5 cm³/mol. The molecule has 1 amide bonds. The molecule has 1 aromatic heterocycles. The summed E-state index contributed by atoms with van der Waals surface area (Å²) in [6.45, 7) is 0.431. The second kappa shape index (κ2) is 5.42. The van der Waals surface area contributed by atoms with E-state index in [1.165, 1.54) is 0 Å². The van der Waals surface area contributed by atoms with Crippen molar-refractivity contribution in [2.75, 3.05) is 0 Å². The Morgan fingerprint density at radius 1 is 0.923 bits per heavy atom. The summed E-state index contributed by atoms with van der Waals surface area (Å²) in [5.41, 5.74) is 12.3. The van der Waals surface area contributed by atoms with E-state index >= 15 is 0 Å². The highest BCUT2D eigenvalue weighted by Crippen LogP contribution is 2.41. The summed E-state index contributed by atoms with van der Waals surface area (Å²) < 4.78 is 10.7. The van der Waals surface area contributed by atoms with Gasteiger partial charge in [-0.05, 0) is 57.3 Å². The molecular weight excluding hydrogens is 330 g/mol. The molecule has 2 heterocycles. The van der Waals surface area contributed by atoms with Gasteiger partial charge < -0.3 is 10.5 Å². The molecule has 3 aromatic carbocycles. The maximum Gasteiger partial charge on any atom is 0.248 e. The lowest BCUT2D eigenvalue weighted by atomic mass is 9.92. The molecule has 1 aliphatic rings. The lowest BCUT2D eigenvalue weighted by molar-refractivity contribution is 0.100. The van der Waals surface area contributed by atoms with Crippen molar-refractivity contribution in [2.45, 2.75) is 6.61 Å². The summed E-state index contributed by atoms with van der Waals surface area (Å²) in [6, 6.07) is 17.2. The van der Waals surface area contributed by atoms with Gasteiger partial charge in [-0.2, -0.15) is 0 Å². The first-order valence-corrected chi connectivity index (χ1v) is 8.12. The van der Waals surface area contributed by atoms with Gasteiger partial charge >= 0.3 is 0 Å². The predicted octanol–water partition coefficient (Wildman–Crippen LogP) is 3.55. The summed E-state index contributed by atoms with van der Waals surface area (Å²) in [5.74, 6) is 0.389.